The zero-order valence-corrected chi connectivity index (χ0v) is 12.3. The zero-order chi connectivity index (χ0) is 14.4. The number of carbonyl (C=O) groups is 1. The van der Waals surface area contributed by atoms with Gasteiger partial charge in [-0.2, -0.15) is 0 Å². The van der Waals surface area contributed by atoms with Crippen LogP contribution in [0.15, 0.2) is 18.2 Å². The lowest BCUT2D eigenvalue weighted by Crippen LogP contribution is -2.32. The van der Waals surface area contributed by atoms with Crippen molar-refractivity contribution in [3.63, 3.8) is 0 Å². The van der Waals surface area contributed by atoms with Crippen molar-refractivity contribution in [1.29, 1.82) is 0 Å². The summed E-state index contributed by atoms with van der Waals surface area (Å²) in [4.78, 5) is 14.0. The molecule has 1 amide bonds. The van der Waals surface area contributed by atoms with Crippen LogP contribution in [-0.4, -0.2) is 30.4 Å². The van der Waals surface area contributed by atoms with E-state index in [4.69, 9.17) is 11.6 Å². The molecule has 1 aromatic rings. The van der Waals surface area contributed by atoms with Crippen LogP contribution in [0.1, 0.15) is 32.1 Å². The van der Waals surface area contributed by atoms with Crippen LogP contribution < -0.4 is 5.32 Å². The molecule has 1 aliphatic rings. The molecule has 0 unspecified atom stereocenters. The second-order valence-electron chi connectivity index (χ2n) is 5.10. The molecule has 1 aliphatic heterocycles. The largest absolute Gasteiger partial charge is 0.384 e. The summed E-state index contributed by atoms with van der Waals surface area (Å²) in [5.74, 6) is -0.245. The van der Waals surface area contributed by atoms with Crippen LogP contribution in [0.2, 0.25) is 5.02 Å². The van der Waals surface area contributed by atoms with Crippen molar-refractivity contribution in [3.8, 4) is 0 Å². The molecule has 1 heterocycles. The number of nitrogens with zero attached hydrogens (tertiary/aromatic N) is 1. The lowest BCUT2D eigenvalue weighted by Gasteiger charge is -2.20. The Labute approximate surface area is 124 Å². The maximum absolute atomic E-state index is 13.0. The molecular formula is C15H20ClFN2O. The van der Waals surface area contributed by atoms with E-state index in [1.807, 2.05) is 4.90 Å². The smallest absolute Gasteiger partial charge is 0.224 e. The average Bonchev–Trinajstić information content (AvgIpc) is 2.71. The van der Waals surface area contributed by atoms with Gasteiger partial charge in [-0.15, -0.1) is 0 Å². The summed E-state index contributed by atoms with van der Waals surface area (Å²) in [6.45, 7) is 2.29. The zero-order valence-electron chi connectivity index (χ0n) is 11.5. The van der Waals surface area contributed by atoms with Crippen molar-refractivity contribution in [2.75, 3.05) is 25.0 Å². The highest BCUT2D eigenvalue weighted by molar-refractivity contribution is 6.31. The van der Waals surface area contributed by atoms with Gasteiger partial charge in [0.2, 0.25) is 5.91 Å². The van der Waals surface area contributed by atoms with Gasteiger partial charge in [0.25, 0.3) is 0 Å². The third-order valence-corrected chi connectivity index (χ3v) is 3.84. The van der Waals surface area contributed by atoms with Crippen molar-refractivity contribution in [2.45, 2.75) is 32.1 Å². The van der Waals surface area contributed by atoms with Gasteiger partial charge in [0.1, 0.15) is 5.82 Å². The van der Waals surface area contributed by atoms with E-state index in [0.717, 1.165) is 31.6 Å². The highest BCUT2D eigenvalue weighted by atomic mass is 35.5. The third-order valence-electron chi connectivity index (χ3n) is 3.55. The Balaban J connectivity index is 1.76. The summed E-state index contributed by atoms with van der Waals surface area (Å²) in [5, 5.41) is 3.19. The van der Waals surface area contributed by atoms with E-state index in [0.29, 0.717) is 13.0 Å². The molecular weight excluding hydrogens is 279 g/mol. The van der Waals surface area contributed by atoms with Gasteiger partial charge < -0.3 is 10.2 Å². The summed E-state index contributed by atoms with van der Waals surface area (Å²) in [5.41, 5.74) is 0.736. The first-order chi connectivity index (χ1) is 9.66. The Kier molecular flexibility index (Phi) is 5.65. The van der Waals surface area contributed by atoms with E-state index in [9.17, 15) is 9.18 Å². The van der Waals surface area contributed by atoms with Gasteiger partial charge >= 0.3 is 0 Å². The molecule has 2 rings (SSSR count). The molecule has 110 valence electrons. The van der Waals surface area contributed by atoms with Gasteiger partial charge in [-0.3, -0.25) is 4.79 Å². The number of likely N-dealkylation sites (tertiary alicyclic amines) is 1. The molecule has 5 heteroatoms. The Morgan fingerprint density at radius 1 is 1.25 bits per heavy atom. The number of hydrogen-bond donors (Lipinski definition) is 1. The second kappa shape index (κ2) is 7.48. The molecule has 1 saturated heterocycles. The quantitative estimate of drug-likeness (QED) is 0.919. The SMILES string of the molecule is O=C(CCNc1ccc(F)c(Cl)c1)N1CCCCCC1. The number of anilines is 1. The second-order valence-corrected chi connectivity index (χ2v) is 5.51. The summed E-state index contributed by atoms with van der Waals surface area (Å²) >= 11 is 5.71. The predicted octanol–water partition coefficient (Wildman–Crippen LogP) is 3.68. The number of rotatable bonds is 4. The van der Waals surface area contributed by atoms with Gasteiger partial charge in [-0.25, -0.2) is 4.39 Å². The van der Waals surface area contributed by atoms with E-state index >= 15 is 0 Å². The van der Waals surface area contributed by atoms with Crippen LogP contribution in [0.5, 0.6) is 0 Å². The maximum atomic E-state index is 13.0. The minimum Gasteiger partial charge on any atom is -0.384 e. The van der Waals surface area contributed by atoms with Gasteiger partial charge in [0, 0.05) is 31.7 Å². The first-order valence-electron chi connectivity index (χ1n) is 7.13. The Hall–Kier alpha value is -1.29. The first-order valence-corrected chi connectivity index (χ1v) is 7.51. The highest BCUT2D eigenvalue weighted by Crippen LogP contribution is 2.19. The Morgan fingerprint density at radius 3 is 2.60 bits per heavy atom. The lowest BCUT2D eigenvalue weighted by molar-refractivity contribution is -0.130. The van der Waals surface area contributed by atoms with Crippen molar-refractivity contribution in [3.05, 3.63) is 29.0 Å². The number of carbonyl (C=O) groups excluding carboxylic acids is 1. The van der Waals surface area contributed by atoms with Crippen LogP contribution in [0.4, 0.5) is 10.1 Å². The Bertz CT molecular complexity index is 459. The fraction of sp³-hybridized carbons (Fsp3) is 0.533. The molecule has 20 heavy (non-hydrogen) atoms. The van der Waals surface area contributed by atoms with E-state index in [1.165, 1.54) is 25.0 Å². The van der Waals surface area contributed by atoms with E-state index in [-0.39, 0.29) is 10.9 Å². The van der Waals surface area contributed by atoms with Crippen molar-refractivity contribution >= 4 is 23.2 Å². The summed E-state index contributed by atoms with van der Waals surface area (Å²) in [7, 11) is 0. The molecule has 0 spiro atoms. The molecule has 0 atom stereocenters. The number of benzene rings is 1. The fourth-order valence-electron chi connectivity index (χ4n) is 2.40. The molecule has 0 aromatic heterocycles. The van der Waals surface area contributed by atoms with Gasteiger partial charge in [-0.05, 0) is 31.0 Å². The minimum atomic E-state index is -0.433. The van der Waals surface area contributed by atoms with Crippen molar-refractivity contribution in [1.82, 2.24) is 4.90 Å². The minimum absolute atomic E-state index is 0.0915. The molecule has 0 saturated carbocycles. The van der Waals surface area contributed by atoms with Crippen LogP contribution in [-0.2, 0) is 4.79 Å². The average molecular weight is 299 g/mol. The van der Waals surface area contributed by atoms with Crippen LogP contribution in [0, 0.1) is 5.82 Å². The number of amides is 1. The van der Waals surface area contributed by atoms with Crippen LogP contribution in [0.3, 0.4) is 0 Å². The van der Waals surface area contributed by atoms with E-state index in [1.54, 1.807) is 6.07 Å². The summed E-state index contributed by atoms with van der Waals surface area (Å²) in [6, 6.07) is 4.48. The molecule has 3 nitrogen and oxygen atoms in total. The predicted molar refractivity (Wildman–Crippen MR) is 79.6 cm³/mol. The molecule has 0 aliphatic carbocycles. The number of halogens is 2. The van der Waals surface area contributed by atoms with E-state index < -0.39 is 5.82 Å². The van der Waals surface area contributed by atoms with Crippen molar-refractivity contribution in [2.24, 2.45) is 0 Å². The van der Waals surface area contributed by atoms with Gasteiger partial charge in [-0.1, -0.05) is 24.4 Å². The fourth-order valence-corrected chi connectivity index (χ4v) is 2.58. The maximum Gasteiger partial charge on any atom is 0.224 e. The monoisotopic (exact) mass is 298 g/mol. The molecule has 0 bridgehead atoms. The molecule has 0 radical (unpaired) electrons. The normalized spacial score (nSPS) is 15.8. The molecule has 1 aromatic carbocycles. The third kappa shape index (κ3) is 4.37. The van der Waals surface area contributed by atoms with Crippen LogP contribution in [0.25, 0.3) is 0 Å². The van der Waals surface area contributed by atoms with Gasteiger partial charge in [0.05, 0.1) is 5.02 Å². The molecule has 1 N–H and O–H groups in total. The highest BCUT2D eigenvalue weighted by Gasteiger charge is 2.14. The van der Waals surface area contributed by atoms with Crippen molar-refractivity contribution < 1.29 is 9.18 Å². The van der Waals surface area contributed by atoms with Gasteiger partial charge in [0.15, 0.2) is 0 Å². The summed E-state index contributed by atoms with van der Waals surface area (Å²) < 4.78 is 13.0. The first kappa shape index (κ1) is 15.1. The Morgan fingerprint density at radius 2 is 1.95 bits per heavy atom. The number of nitrogens with one attached hydrogen (secondary N) is 1. The summed E-state index contributed by atoms with van der Waals surface area (Å²) in [6.07, 6.45) is 5.10. The lowest BCUT2D eigenvalue weighted by atomic mass is 10.2. The van der Waals surface area contributed by atoms with Crippen LogP contribution >= 0.6 is 11.6 Å². The number of hydrogen-bond acceptors (Lipinski definition) is 2. The molecule has 1 fully saturated rings. The van der Waals surface area contributed by atoms with E-state index in [2.05, 4.69) is 5.32 Å². The topological polar surface area (TPSA) is 32.3 Å². The standard InChI is InChI=1S/C15H20ClFN2O/c16-13-11-12(5-6-14(13)17)18-8-7-15(20)19-9-3-1-2-4-10-19/h5-6,11,18H,1-4,7-10H2.